The van der Waals surface area contributed by atoms with E-state index in [0.29, 0.717) is 0 Å². The zero-order chi connectivity index (χ0) is 13.0. The normalized spacial score (nSPS) is 12.2. The van der Waals surface area contributed by atoms with E-state index in [9.17, 15) is 9.59 Å². The quantitative estimate of drug-likeness (QED) is 0.858. The summed E-state index contributed by atoms with van der Waals surface area (Å²) in [6.45, 7) is 7.95. The summed E-state index contributed by atoms with van der Waals surface area (Å²) < 4.78 is 1.85. The summed E-state index contributed by atoms with van der Waals surface area (Å²) in [6, 6.07) is 3.27. The molecule has 0 spiro atoms. The maximum absolute atomic E-state index is 11.8. The molecule has 0 aromatic carbocycles. The first-order valence-electron chi connectivity index (χ1n) is 5.91. The topological polar surface area (TPSA) is 51.1 Å². The molecule has 0 aliphatic carbocycles. The fourth-order valence-corrected chi connectivity index (χ4v) is 1.70. The van der Waals surface area contributed by atoms with Crippen LogP contribution in [0, 0.1) is 13.8 Å². The predicted octanol–water partition coefficient (Wildman–Crippen LogP) is 1.38. The standard InChI is InChI=1S/C13H20N2O2/c1-5-9(2)14-13(17)8-15-10(3)6-12(16)7-11(15)4/h6-7,9H,5,8H2,1-4H3,(H,14,17). The first-order valence-corrected chi connectivity index (χ1v) is 5.91. The predicted molar refractivity (Wildman–Crippen MR) is 68.1 cm³/mol. The molecule has 1 rings (SSSR count). The molecular weight excluding hydrogens is 216 g/mol. The molecule has 0 fully saturated rings. The van der Waals surface area contributed by atoms with Gasteiger partial charge in [0, 0.05) is 29.6 Å². The second kappa shape index (κ2) is 5.66. The molecule has 1 aromatic heterocycles. The molecule has 17 heavy (non-hydrogen) atoms. The van der Waals surface area contributed by atoms with Gasteiger partial charge in [0.25, 0.3) is 0 Å². The molecule has 0 bridgehead atoms. The van der Waals surface area contributed by atoms with Gasteiger partial charge in [0.05, 0.1) is 0 Å². The highest BCUT2D eigenvalue weighted by atomic mass is 16.2. The lowest BCUT2D eigenvalue weighted by Crippen LogP contribution is -2.35. The Hall–Kier alpha value is -1.58. The average Bonchev–Trinajstić information content (AvgIpc) is 2.23. The molecule has 1 aromatic rings. The summed E-state index contributed by atoms with van der Waals surface area (Å²) >= 11 is 0. The van der Waals surface area contributed by atoms with Crippen LogP contribution in [0.25, 0.3) is 0 Å². The number of pyridine rings is 1. The highest BCUT2D eigenvalue weighted by Gasteiger charge is 2.09. The SMILES string of the molecule is CCC(C)NC(=O)Cn1c(C)cc(=O)cc1C. The number of aromatic nitrogens is 1. The van der Waals surface area contributed by atoms with Crippen molar-refractivity contribution in [1.29, 1.82) is 0 Å². The Labute approximate surface area is 102 Å². The van der Waals surface area contributed by atoms with Crippen LogP contribution >= 0.6 is 0 Å². The van der Waals surface area contributed by atoms with Crippen LogP contribution in [0.1, 0.15) is 31.7 Å². The highest BCUT2D eigenvalue weighted by molar-refractivity contribution is 5.76. The Morgan fingerprint density at radius 1 is 1.35 bits per heavy atom. The van der Waals surface area contributed by atoms with E-state index in [-0.39, 0.29) is 23.9 Å². The third kappa shape index (κ3) is 3.73. The summed E-state index contributed by atoms with van der Waals surface area (Å²) in [5, 5.41) is 2.91. The summed E-state index contributed by atoms with van der Waals surface area (Å²) in [5.74, 6) is -0.0193. The Morgan fingerprint density at radius 3 is 2.35 bits per heavy atom. The summed E-state index contributed by atoms with van der Waals surface area (Å²) in [5.41, 5.74) is 1.61. The van der Waals surface area contributed by atoms with E-state index >= 15 is 0 Å². The summed E-state index contributed by atoms with van der Waals surface area (Å²) in [7, 11) is 0. The molecular formula is C13H20N2O2. The Balaban J connectivity index is 2.82. The van der Waals surface area contributed by atoms with Crippen molar-refractivity contribution in [2.45, 2.75) is 46.7 Å². The van der Waals surface area contributed by atoms with E-state index in [2.05, 4.69) is 5.32 Å². The van der Waals surface area contributed by atoms with Gasteiger partial charge < -0.3 is 9.88 Å². The lowest BCUT2D eigenvalue weighted by molar-refractivity contribution is -0.122. The minimum Gasteiger partial charge on any atom is -0.352 e. The minimum absolute atomic E-state index is 0.0152. The van der Waals surface area contributed by atoms with E-state index in [1.807, 2.05) is 32.3 Å². The van der Waals surface area contributed by atoms with Crippen molar-refractivity contribution in [1.82, 2.24) is 9.88 Å². The molecule has 0 saturated heterocycles. The lowest BCUT2D eigenvalue weighted by atomic mass is 10.2. The molecule has 4 nitrogen and oxygen atoms in total. The molecule has 1 atom stereocenters. The van der Waals surface area contributed by atoms with Crippen molar-refractivity contribution in [3.8, 4) is 0 Å². The van der Waals surface area contributed by atoms with Gasteiger partial charge in [0.15, 0.2) is 5.43 Å². The van der Waals surface area contributed by atoms with E-state index in [4.69, 9.17) is 0 Å². The summed E-state index contributed by atoms with van der Waals surface area (Å²) in [6.07, 6.45) is 0.911. The van der Waals surface area contributed by atoms with Crippen molar-refractivity contribution in [2.75, 3.05) is 0 Å². The molecule has 0 saturated carbocycles. The van der Waals surface area contributed by atoms with E-state index in [1.165, 1.54) is 0 Å². The number of carbonyl (C=O) groups excluding carboxylic acids is 1. The van der Waals surface area contributed by atoms with Crippen LogP contribution < -0.4 is 10.7 Å². The van der Waals surface area contributed by atoms with Gasteiger partial charge in [-0.1, -0.05) is 6.92 Å². The molecule has 1 heterocycles. The summed E-state index contributed by atoms with van der Waals surface area (Å²) in [4.78, 5) is 23.0. The largest absolute Gasteiger partial charge is 0.352 e. The highest BCUT2D eigenvalue weighted by Crippen LogP contribution is 2.01. The van der Waals surface area contributed by atoms with Crippen LogP contribution in [0.4, 0.5) is 0 Å². The number of amides is 1. The van der Waals surface area contributed by atoms with Crippen LogP contribution in [-0.4, -0.2) is 16.5 Å². The van der Waals surface area contributed by atoms with Crippen molar-refractivity contribution in [3.05, 3.63) is 33.7 Å². The maximum atomic E-state index is 11.8. The number of nitrogens with zero attached hydrogens (tertiary/aromatic N) is 1. The molecule has 0 aliphatic rings. The zero-order valence-electron chi connectivity index (χ0n) is 10.9. The fourth-order valence-electron chi connectivity index (χ4n) is 1.70. The number of aryl methyl sites for hydroxylation is 2. The second-order valence-electron chi connectivity index (χ2n) is 4.44. The minimum atomic E-state index is -0.0193. The number of carbonyl (C=O) groups is 1. The third-order valence-electron chi connectivity index (χ3n) is 2.88. The second-order valence-corrected chi connectivity index (χ2v) is 4.44. The first kappa shape index (κ1) is 13.5. The molecule has 0 aliphatic heterocycles. The molecule has 0 radical (unpaired) electrons. The van der Waals surface area contributed by atoms with Crippen LogP contribution in [0.15, 0.2) is 16.9 Å². The molecule has 1 unspecified atom stereocenters. The number of hydrogen-bond donors (Lipinski definition) is 1. The van der Waals surface area contributed by atoms with Crippen molar-refractivity contribution >= 4 is 5.91 Å². The smallest absolute Gasteiger partial charge is 0.240 e. The molecule has 4 heteroatoms. The monoisotopic (exact) mass is 236 g/mol. The third-order valence-corrected chi connectivity index (χ3v) is 2.88. The number of rotatable bonds is 4. The van der Waals surface area contributed by atoms with Gasteiger partial charge in [-0.15, -0.1) is 0 Å². The van der Waals surface area contributed by atoms with Gasteiger partial charge in [0.1, 0.15) is 6.54 Å². The van der Waals surface area contributed by atoms with Crippen LogP contribution in [0.3, 0.4) is 0 Å². The van der Waals surface area contributed by atoms with Gasteiger partial charge in [0.2, 0.25) is 5.91 Å². The van der Waals surface area contributed by atoms with Crippen LogP contribution in [0.2, 0.25) is 0 Å². The molecule has 94 valence electrons. The number of nitrogens with one attached hydrogen (secondary N) is 1. The van der Waals surface area contributed by atoms with E-state index in [0.717, 1.165) is 17.8 Å². The number of hydrogen-bond acceptors (Lipinski definition) is 2. The molecule has 1 N–H and O–H groups in total. The fraction of sp³-hybridized carbons (Fsp3) is 0.538. The van der Waals surface area contributed by atoms with Crippen LogP contribution in [-0.2, 0) is 11.3 Å². The van der Waals surface area contributed by atoms with Crippen molar-refractivity contribution in [3.63, 3.8) is 0 Å². The Morgan fingerprint density at radius 2 is 1.88 bits per heavy atom. The average molecular weight is 236 g/mol. The lowest BCUT2D eigenvalue weighted by Gasteiger charge is -2.16. The van der Waals surface area contributed by atoms with Crippen molar-refractivity contribution < 1.29 is 4.79 Å². The van der Waals surface area contributed by atoms with E-state index < -0.39 is 0 Å². The van der Waals surface area contributed by atoms with Crippen LogP contribution in [0.5, 0.6) is 0 Å². The van der Waals surface area contributed by atoms with Gasteiger partial charge in [-0.2, -0.15) is 0 Å². The van der Waals surface area contributed by atoms with E-state index in [1.54, 1.807) is 12.1 Å². The maximum Gasteiger partial charge on any atom is 0.240 e. The Kier molecular flexibility index (Phi) is 4.49. The van der Waals surface area contributed by atoms with Gasteiger partial charge in [-0.25, -0.2) is 0 Å². The Bertz CT molecular complexity index is 437. The van der Waals surface area contributed by atoms with Gasteiger partial charge in [-0.3, -0.25) is 9.59 Å². The molecule has 1 amide bonds. The van der Waals surface area contributed by atoms with Gasteiger partial charge in [-0.05, 0) is 27.2 Å². The zero-order valence-corrected chi connectivity index (χ0v) is 10.9. The van der Waals surface area contributed by atoms with Gasteiger partial charge >= 0.3 is 0 Å². The van der Waals surface area contributed by atoms with Crippen molar-refractivity contribution in [2.24, 2.45) is 0 Å². The first-order chi connectivity index (χ1) is 7.93.